The van der Waals surface area contributed by atoms with E-state index in [1.807, 2.05) is 226 Å². The molecule has 4 heterocycles. The van der Waals surface area contributed by atoms with Crippen molar-refractivity contribution in [2.24, 2.45) is 0 Å². The summed E-state index contributed by atoms with van der Waals surface area (Å²) in [5.41, 5.74) is 14.8. The molecule has 0 aliphatic rings. The van der Waals surface area contributed by atoms with Crippen LogP contribution in [0.15, 0.2) is 243 Å². The van der Waals surface area contributed by atoms with E-state index in [9.17, 15) is 38.4 Å². The number of aryl methyl sites for hydroxylation is 4. The molecule has 16 rings (SSSR count). The Morgan fingerprint density at radius 3 is 0.925 bits per heavy atom. The van der Waals surface area contributed by atoms with Gasteiger partial charge in [0.25, 0.3) is 0 Å². The molecule has 0 aliphatic carbocycles. The van der Waals surface area contributed by atoms with Gasteiger partial charge < -0.3 is 43.8 Å². The van der Waals surface area contributed by atoms with Crippen LogP contribution in [-0.2, 0) is 73.3 Å². The number of hydrogen-bond donors (Lipinski definition) is 5. The van der Waals surface area contributed by atoms with E-state index >= 15 is 0 Å². The van der Waals surface area contributed by atoms with Crippen LogP contribution in [0, 0.1) is 89.8 Å². The Morgan fingerprint density at radius 1 is 0.395 bits per heavy atom. The first kappa shape index (κ1) is 117. The molecule has 16 aromatic rings. The topological polar surface area (TPSA) is 366 Å². The van der Waals surface area contributed by atoms with Gasteiger partial charge in [-0.15, -0.1) is 12.8 Å². The number of benzene rings is 12. The molecule has 4 aromatic heterocycles. The van der Waals surface area contributed by atoms with Crippen molar-refractivity contribution >= 4 is 230 Å². The molecule has 0 spiro atoms. The zero-order valence-corrected chi connectivity index (χ0v) is 91.6. The fourth-order valence-electron chi connectivity index (χ4n) is 14.0. The van der Waals surface area contributed by atoms with Gasteiger partial charge in [0.05, 0.1) is 85.1 Å². The third-order valence-electron chi connectivity index (χ3n) is 21.4. The number of terminal acetylenes is 1. The van der Waals surface area contributed by atoms with Crippen molar-refractivity contribution in [2.45, 2.75) is 112 Å². The summed E-state index contributed by atoms with van der Waals surface area (Å²) >= 11 is 31.8. The molecule has 0 fully saturated rings. The summed E-state index contributed by atoms with van der Waals surface area (Å²) in [5, 5.41) is 37.6. The van der Waals surface area contributed by atoms with Gasteiger partial charge in [-0.25, -0.2) is 19.2 Å². The zero-order chi connectivity index (χ0) is 104. The van der Waals surface area contributed by atoms with Crippen LogP contribution in [0.3, 0.4) is 0 Å². The maximum Gasteiger partial charge on any atom is 1.00 e. The summed E-state index contributed by atoms with van der Waals surface area (Å²) in [4.78, 5) is 95.7. The Bertz CT molecular complexity index is 7780. The van der Waals surface area contributed by atoms with Crippen molar-refractivity contribution in [3.05, 3.63) is 370 Å². The van der Waals surface area contributed by atoms with E-state index in [4.69, 9.17) is 86.9 Å². The molecule has 0 bridgehead atoms. The number of carboxylic acid groups (broad SMARTS) is 1. The van der Waals surface area contributed by atoms with Gasteiger partial charge in [-0.3, -0.25) is 41.9 Å². The Morgan fingerprint density at radius 2 is 0.646 bits per heavy atom. The van der Waals surface area contributed by atoms with Crippen molar-refractivity contribution in [1.29, 1.82) is 5.26 Å². The molecular formula is C112H92Cl4IN9NaO16S4-. The molecule has 4 amide bonds. The number of anilines is 4. The van der Waals surface area contributed by atoms with Crippen LogP contribution in [-0.4, -0.2) is 90.9 Å². The van der Waals surface area contributed by atoms with E-state index in [1.54, 1.807) is 84.9 Å². The van der Waals surface area contributed by atoms with Crippen molar-refractivity contribution in [3.63, 3.8) is 0 Å². The minimum absolute atomic E-state index is 0. The molecule has 4 atom stereocenters. The number of aliphatic carboxylic acids is 1. The number of nitrogens with one attached hydrogen (secondary N) is 4. The Hall–Kier alpha value is -14.1. The smallest absolute Gasteiger partial charge is 0.870 e. The normalized spacial score (nSPS) is 11.0. The molecule has 0 saturated heterocycles. The Labute approximate surface area is 922 Å². The Kier molecular flexibility index (Phi) is 45.8. The fourth-order valence-corrected chi connectivity index (χ4v) is 18.7. The minimum Gasteiger partial charge on any atom is -0.870 e. The molecule has 742 valence electrons. The molecule has 12 aromatic carbocycles. The summed E-state index contributed by atoms with van der Waals surface area (Å²) < 4.78 is 49.3. The fraction of sp³-hybridized carbons (Fsp3) is 0.170. The second-order valence-electron chi connectivity index (χ2n) is 31.7. The van der Waals surface area contributed by atoms with Gasteiger partial charge >= 0.3 is 71.8 Å². The van der Waals surface area contributed by atoms with E-state index in [1.165, 1.54) is 67.3 Å². The van der Waals surface area contributed by atoms with E-state index in [2.05, 4.69) is 108 Å². The van der Waals surface area contributed by atoms with Gasteiger partial charge in [-0.2, -0.15) is 22.8 Å². The van der Waals surface area contributed by atoms with Gasteiger partial charge in [0.1, 0.15) is 41.9 Å². The third kappa shape index (κ3) is 34.5. The predicted molar refractivity (Wildman–Crippen MR) is 587 cm³/mol. The van der Waals surface area contributed by atoms with Gasteiger partial charge in [-0.05, 0) is 274 Å². The summed E-state index contributed by atoms with van der Waals surface area (Å²) in [5.74, 6) is 20.0. The largest absolute Gasteiger partial charge is 1.00 e. The monoisotopic (exact) mass is 2240 g/mol. The number of carbonyl (C=O) groups excluding carboxylic acids is 7. The summed E-state index contributed by atoms with van der Waals surface area (Å²) in [7, 11) is 2.77. The van der Waals surface area contributed by atoms with Crippen LogP contribution in [0.25, 0.3) is 43.1 Å². The van der Waals surface area contributed by atoms with E-state index in [0.717, 1.165) is 118 Å². The van der Waals surface area contributed by atoms with Crippen LogP contribution in [0.5, 0.6) is 0 Å². The number of rotatable bonds is 20. The number of carboxylic acids is 1. The number of methoxy groups -OCH3 is 2. The van der Waals surface area contributed by atoms with Crippen LogP contribution < -0.4 is 50.8 Å². The summed E-state index contributed by atoms with van der Waals surface area (Å²) in [6.45, 7) is 15.7. The molecule has 0 saturated carbocycles. The van der Waals surface area contributed by atoms with Gasteiger partial charge in [-0.1, -0.05) is 246 Å². The average molecular weight is 2240 g/mol. The number of hydrogen-bond acceptors (Lipinski definition) is 24. The van der Waals surface area contributed by atoms with E-state index in [0.29, 0.717) is 81.0 Å². The minimum atomic E-state index is -0.863. The van der Waals surface area contributed by atoms with Gasteiger partial charge in [0, 0.05) is 71.5 Å². The number of aromatic nitrogens is 4. The van der Waals surface area contributed by atoms with E-state index < -0.39 is 54.8 Å². The number of fused-ring (bicyclic) bond motifs is 4. The van der Waals surface area contributed by atoms with Crippen molar-refractivity contribution in [1.82, 2.24) is 17.5 Å². The first-order valence-electron chi connectivity index (χ1n) is 44.2. The molecule has 0 radical (unpaired) electrons. The molecule has 25 nitrogen and oxygen atoms in total. The number of esters is 2. The molecule has 35 heteroatoms. The second-order valence-corrected chi connectivity index (χ2v) is 38.2. The predicted octanol–water partition coefficient (Wildman–Crippen LogP) is 24.8. The maximum atomic E-state index is 12.6. The SMILES string of the molecule is C#Cc1ccc2cc(CC(=O)OC)ccc2c1.CC#N.COC(=O)Cc1ccc2cc(C#Cc3snc(C)c3NC(=O)O[C@H](C)c3ccccc3Cl)ccc2c1.Cc1nsc(C#Cc2ccc3cc(CC(=O)O)ccc3c2)c1NC(=O)O[C@H](C)c1ccccc1Cl.Cc1nsc(C#Cc2ccc3cc(C[C-]=O)ccc3c2)c1NC(=O)O[C@H](C)c1ccccc1Cl.Cc1nsc(I)c1NC(=O)O[C@H](C)c1ccccc1Cl.[Na+].[OH-]. The first-order chi connectivity index (χ1) is 69.7. The number of halogens is 5. The second kappa shape index (κ2) is 57.7. The zero-order valence-electron chi connectivity index (χ0n) is 81.2. The number of carbonyl (C=O) groups is 7. The summed E-state index contributed by atoms with van der Waals surface area (Å²) in [6, 6.07) is 77.1. The van der Waals surface area contributed by atoms with E-state index in [-0.39, 0.29) is 66.2 Å². The molecule has 147 heavy (non-hydrogen) atoms. The van der Waals surface area contributed by atoms with Gasteiger partial charge in [0.2, 0.25) is 0 Å². The van der Waals surface area contributed by atoms with Crippen LogP contribution in [0.2, 0.25) is 20.1 Å². The van der Waals surface area contributed by atoms with Gasteiger partial charge in [0.15, 0.2) is 0 Å². The molecular weight excluding hydrogens is 2150 g/mol. The molecule has 0 unspecified atom stereocenters. The quantitative estimate of drug-likeness (QED) is 0.0118. The molecule has 6 N–H and O–H groups in total. The van der Waals surface area contributed by atoms with Crippen molar-refractivity contribution < 1.29 is 107 Å². The number of nitrogens with zero attached hydrogens (tertiary/aromatic N) is 5. The average Bonchev–Trinajstić information content (AvgIpc) is 1.72. The van der Waals surface area contributed by atoms with Crippen LogP contribution in [0.1, 0.15) is 163 Å². The summed E-state index contributed by atoms with van der Waals surface area (Å²) in [6.07, 6.45) is 3.71. The number of ether oxygens (including phenoxy) is 6. The van der Waals surface area contributed by atoms with Crippen LogP contribution >= 0.6 is 115 Å². The maximum absolute atomic E-state index is 12.6. The third-order valence-corrected chi connectivity index (χ3v) is 27.2. The number of amides is 4. The first-order valence-corrected chi connectivity index (χ1v) is 49.9. The molecule has 0 aliphatic heterocycles. The van der Waals surface area contributed by atoms with Crippen molar-refractivity contribution in [3.8, 4) is 53.9 Å². The van der Waals surface area contributed by atoms with Crippen molar-refractivity contribution in [2.75, 3.05) is 35.5 Å². The standard InChI is InChI=1S/C28H23ClN2O4S.C27H21ClN2O4S.C27H20ClN2O3S.C15H12O2.C13H12ClIN2O2S.C2H3N.Na.H2O/c1-17-27(30-28(33)35-18(2)23-6-4-5-7-24(23)29)25(36-31-17)13-10-19-8-11-22-15-20(16-26(32)34-3)9-12-21(22)14-19;1-16-26(29-27(33)34-17(2)22-5-3-4-6-23(22)28)24(35-30-16)12-9-18-7-10-21-14-19(15-25(31)32)8-11-20(21)13-18;1-17-26(29-27(32)33-18(2)23-5-3-4-6-24(23)28)25(34-30-17)12-9-19-7-10-22-16-20(13-14-31)8-11-21(22)15-19;1-3-11-4-6-14-9-12(10-15(16)17-2)5-7-13(14)8-11;1-7-11(12(15)20-17-7)16-13(18)19-8(2)9-5-3-4-6-10(9)14;1-2-3;;/h4-9,11-12,14-15,18H,16H2,1-3H3,(H,30,33);3-8,10-11,13-14,17H,15H2,1-2H3,(H,29,33)(H,31,32);3-8,10-11,15-16,18H,13H2,1-2H3,(H,29,32);1,4-9H,10H2,2H3;3-6,8H,1-2H3,(H,16,18);1H3;;1H2/q;;-1;;;;+1;/p-1/t18-;17-;18-;;8-;;;/m111.1.../s1. The van der Waals surface area contributed by atoms with Crippen LogP contribution in [0.4, 0.5) is 41.9 Å². The Balaban J connectivity index is 0.000000207. The number of nitriles is 1.